The highest BCUT2D eigenvalue weighted by Gasteiger charge is 2.33. The van der Waals surface area contributed by atoms with Crippen LogP contribution >= 0.6 is 89.7 Å². The molecule has 75 heavy (non-hydrogen) atoms. The van der Waals surface area contributed by atoms with E-state index >= 15 is 0 Å². The van der Waals surface area contributed by atoms with Gasteiger partial charge in [-0.15, -0.1) is 22.7 Å². The lowest BCUT2D eigenvalue weighted by Gasteiger charge is -2.22. The van der Waals surface area contributed by atoms with Gasteiger partial charge in [0.05, 0.1) is 91.4 Å². The van der Waals surface area contributed by atoms with Crippen LogP contribution in [0.4, 0.5) is 0 Å². The van der Waals surface area contributed by atoms with Gasteiger partial charge in [-0.05, 0) is 81.8 Å². The molecule has 17 heteroatoms. The number of hydrogen-bond acceptors (Lipinski definition) is 15. The summed E-state index contributed by atoms with van der Waals surface area (Å²) in [6, 6.07) is 12.8. The van der Waals surface area contributed by atoms with Crippen LogP contribution in [0.25, 0.3) is 76.2 Å². The Hall–Kier alpha value is -3.32. The average molecular weight is 1240 g/mol. The molecule has 8 rings (SSSR count). The zero-order valence-electron chi connectivity index (χ0n) is 44.4. The summed E-state index contributed by atoms with van der Waals surface area (Å²) in [5.41, 5.74) is 9.80. The van der Waals surface area contributed by atoms with Crippen molar-refractivity contribution in [1.82, 2.24) is 26.2 Å². The van der Waals surface area contributed by atoms with Crippen LogP contribution in [0.2, 0.25) is 0 Å². The molecule has 0 saturated carbocycles. The van der Waals surface area contributed by atoms with Gasteiger partial charge in [0.15, 0.2) is 23.0 Å². The van der Waals surface area contributed by atoms with Gasteiger partial charge in [-0.2, -0.15) is 26.2 Å². The standard InChI is InChI=1S/C58H74Br2N6O4S5/c1-5-9-13-17-21-25-35-67-55-45(51-53(65-74-63-51)47(41-31-33-43(59)71-41)57(55)69-37-27-23-19-15-11-7-3)39-29-30-40(50-49(39)61-73-62-50)46-52-54(66-75-64-52)48(42-32-34-44(60)72-42)58(70-38-28-24-20-16-12-8-4)56(46)68-36-26-22-18-14-10-6-2/h29-34H,5-28,35-38H2,1-4H3. The predicted molar refractivity (Wildman–Crippen MR) is 328 cm³/mol. The summed E-state index contributed by atoms with van der Waals surface area (Å²) in [7, 11) is 0. The molecule has 404 valence electrons. The van der Waals surface area contributed by atoms with E-state index in [1.165, 1.54) is 138 Å². The summed E-state index contributed by atoms with van der Waals surface area (Å²) < 4.78 is 61.0. The van der Waals surface area contributed by atoms with E-state index in [0.29, 0.717) is 49.4 Å². The highest BCUT2D eigenvalue weighted by atomic mass is 79.9. The molecule has 3 aromatic carbocycles. The molecule has 0 amide bonds. The maximum absolute atomic E-state index is 7.13. The van der Waals surface area contributed by atoms with Crippen molar-refractivity contribution < 1.29 is 18.9 Å². The molecule has 0 unspecified atom stereocenters. The molecule has 0 bridgehead atoms. The molecule has 0 spiro atoms. The van der Waals surface area contributed by atoms with Crippen molar-refractivity contribution in [2.45, 2.75) is 182 Å². The Labute approximate surface area is 482 Å². The van der Waals surface area contributed by atoms with E-state index in [1.807, 2.05) is 0 Å². The van der Waals surface area contributed by atoms with E-state index < -0.39 is 0 Å². The van der Waals surface area contributed by atoms with Gasteiger partial charge in [0.2, 0.25) is 0 Å². The number of ether oxygens (including phenoxy) is 4. The molecule has 0 saturated heterocycles. The topological polar surface area (TPSA) is 114 Å². The fraction of sp³-hybridized carbons (Fsp3) is 0.552. The molecule has 0 aliphatic rings. The molecule has 0 N–H and O–H groups in total. The van der Waals surface area contributed by atoms with Crippen LogP contribution in [0.1, 0.15) is 182 Å². The highest BCUT2D eigenvalue weighted by molar-refractivity contribution is 9.11. The smallest absolute Gasteiger partial charge is 0.172 e. The van der Waals surface area contributed by atoms with Gasteiger partial charge in [0.1, 0.15) is 33.1 Å². The van der Waals surface area contributed by atoms with E-state index in [9.17, 15) is 0 Å². The Kier molecular flexibility index (Phi) is 23.7. The summed E-state index contributed by atoms with van der Waals surface area (Å²) in [6.45, 7) is 11.3. The number of rotatable bonds is 36. The second-order valence-electron chi connectivity index (χ2n) is 19.5. The molecule has 0 fully saturated rings. The first kappa shape index (κ1) is 57.8. The first-order valence-electron chi connectivity index (χ1n) is 27.9. The lowest BCUT2D eigenvalue weighted by molar-refractivity contribution is 0.260. The van der Waals surface area contributed by atoms with Gasteiger partial charge >= 0.3 is 0 Å². The summed E-state index contributed by atoms with van der Waals surface area (Å²) >= 11 is 14.5. The van der Waals surface area contributed by atoms with Crippen molar-refractivity contribution >= 4 is 123 Å². The fourth-order valence-electron chi connectivity index (χ4n) is 9.82. The van der Waals surface area contributed by atoms with E-state index in [0.717, 1.165) is 135 Å². The summed E-state index contributed by atoms with van der Waals surface area (Å²) in [5, 5.41) is 0. The third kappa shape index (κ3) is 14.9. The van der Waals surface area contributed by atoms with Crippen LogP contribution in [0.5, 0.6) is 23.0 Å². The Bertz CT molecular complexity index is 2810. The zero-order valence-corrected chi connectivity index (χ0v) is 51.6. The number of unbranched alkanes of at least 4 members (excludes halogenated alkanes) is 20. The van der Waals surface area contributed by atoms with E-state index in [1.54, 1.807) is 22.7 Å². The van der Waals surface area contributed by atoms with Crippen LogP contribution in [-0.4, -0.2) is 52.7 Å². The Morgan fingerprint density at radius 2 is 0.587 bits per heavy atom. The summed E-state index contributed by atoms with van der Waals surface area (Å²) in [5.74, 6) is 2.79. The molecule has 0 aliphatic heterocycles. The fourth-order valence-corrected chi connectivity index (χ4v) is 14.4. The number of hydrogen-bond donors (Lipinski definition) is 0. The first-order valence-corrected chi connectivity index (χ1v) is 33.3. The van der Waals surface area contributed by atoms with Crippen molar-refractivity contribution in [3.8, 4) is 66.1 Å². The predicted octanol–water partition coefficient (Wildman–Crippen LogP) is 21.0. The monoisotopic (exact) mass is 1240 g/mol. The summed E-state index contributed by atoms with van der Waals surface area (Å²) in [6.07, 6.45) is 27.8. The number of fused-ring (bicyclic) bond motifs is 3. The second-order valence-corrected chi connectivity index (χ2v) is 26.0. The van der Waals surface area contributed by atoms with Crippen LogP contribution in [0, 0.1) is 0 Å². The van der Waals surface area contributed by atoms with Crippen molar-refractivity contribution in [3.63, 3.8) is 0 Å². The van der Waals surface area contributed by atoms with Crippen LogP contribution in [-0.2, 0) is 0 Å². The average Bonchev–Trinajstić information content (AvgIpc) is 4.37. The van der Waals surface area contributed by atoms with Gasteiger partial charge < -0.3 is 18.9 Å². The Morgan fingerprint density at radius 3 is 0.880 bits per heavy atom. The molecule has 0 atom stereocenters. The van der Waals surface area contributed by atoms with Gasteiger partial charge in [-0.25, -0.2) is 0 Å². The van der Waals surface area contributed by atoms with Gasteiger partial charge in [0.25, 0.3) is 0 Å². The SMILES string of the molecule is CCCCCCCCOc1c(OCCCCCCCC)c(-c2ccc(-c3c(OCCCCCCCC)c(OCCCCCCCC)c(-c4ccc(Br)s4)c4nsnc34)c3nsnc23)c2nsnc2c1-c1ccc(Br)s1. The molecular weight excluding hydrogens is 1160 g/mol. The lowest BCUT2D eigenvalue weighted by Crippen LogP contribution is -2.07. The maximum atomic E-state index is 7.13. The highest BCUT2D eigenvalue weighted by Crippen LogP contribution is 2.56. The van der Waals surface area contributed by atoms with Gasteiger partial charge in [-0.3, -0.25) is 0 Å². The molecule has 0 aliphatic carbocycles. The third-order valence-electron chi connectivity index (χ3n) is 13.8. The lowest BCUT2D eigenvalue weighted by atomic mass is 9.92. The molecular formula is C58H74Br2N6O4S5. The zero-order chi connectivity index (χ0) is 52.2. The Morgan fingerprint density at radius 1 is 0.320 bits per heavy atom. The Balaban J connectivity index is 1.29. The molecule has 5 aromatic heterocycles. The van der Waals surface area contributed by atoms with Crippen molar-refractivity contribution in [2.24, 2.45) is 0 Å². The minimum atomic E-state index is 0.544. The molecule has 5 heterocycles. The number of benzene rings is 3. The first-order chi connectivity index (χ1) is 37.0. The number of aromatic nitrogens is 6. The van der Waals surface area contributed by atoms with Crippen molar-refractivity contribution in [2.75, 3.05) is 26.4 Å². The maximum Gasteiger partial charge on any atom is 0.172 e. The minimum Gasteiger partial charge on any atom is -0.489 e. The second kappa shape index (κ2) is 30.7. The number of halogens is 2. The van der Waals surface area contributed by atoms with Crippen LogP contribution in [0.15, 0.2) is 44.0 Å². The van der Waals surface area contributed by atoms with Crippen LogP contribution in [0.3, 0.4) is 0 Å². The van der Waals surface area contributed by atoms with Gasteiger partial charge in [-0.1, -0.05) is 168 Å². The molecule has 10 nitrogen and oxygen atoms in total. The number of thiophene rings is 2. The normalized spacial score (nSPS) is 11.8. The molecule has 0 radical (unpaired) electrons. The van der Waals surface area contributed by atoms with Crippen LogP contribution < -0.4 is 18.9 Å². The van der Waals surface area contributed by atoms with E-state index in [-0.39, 0.29) is 0 Å². The quantitative estimate of drug-likeness (QED) is 0.0352. The van der Waals surface area contributed by atoms with E-state index in [4.69, 9.17) is 45.2 Å². The van der Waals surface area contributed by atoms with Gasteiger partial charge in [0, 0.05) is 20.9 Å². The van der Waals surface area contributed by atoms with Crippen molar-refractivity contribution in [3.05, 3.63) is 44.0 Å². The third-order valence-corrected chi connectivity index (χ3v) is 18.7. The minimum absolute atomic E-state index is 0.544. The summed E-state index contributed by atoms with van der Waals surface area (Å²) in [4.78, 5) is 2.10. The van der Waals surface area contributed by atoms with Crippen molar-refractivity contribution in [1.29, 1.82) is 0 Å². The molecule has 8 aromatic rings. The largest absolute Gasteiger partial charge is 0.489 e. The van der Waals surface area contributed by atoms with E-state index in [2.05, 4.69) is 96.0 Å². The number of nitrogens with zero attached hydrogens (tertiary/aromatic N) is 6.